The third-order valence-corrected chi connectivity index (χ3v) is 5.80. The van der Waals surface area contributed by atoms with Crippen LogP contribution >= 0.6 is 0 Å². The Morgan fingerprint density at radius 1 is 1.30 bits per heavy atom. The summed E-state index contributed by atoms with van der Waals surface area (Å²) < 4.78 is 53.6. The zero-order valence-corrected chi connectivity index (χ0v) is 12.5. The molecule has 1 aromatic carbocycles. The van der Waals surface area contributed by atoms with Crippen molar-refractivity contribution in [2.45, 2.75) is 29.5 Å². The van der Waals surface area contributed by atoms with E-state index < -0.39 is 20.0 Å². The lowest BCUT2D eigenvalue weighted by Crippen LogP contribution is -2.26. The topological polar surface area (TPSA) is 116 Å². The molecule has 0 atom stereocenters. The number of ether oxygens (including phenoxy) is 1. The van der Waals surface area contributed by atoms with E-state index in [-0.39, 0.29) is 22.4 Å². The molecule has 0 unspecified atom stereocenters. The Balaban J connectivity index is 2.21. The monoisotopic (exact) mass is 320 g/mol. The third-order valence-electron chi connectivity index (χ3n) is 2.98. The molecule has 1 aliphatic rings. The quantitative estimate of drug-likeness (QED) is 0.761. The number of rotatable bonds is 6. The summed E-state index contributed by atoms with van der Waals surface area (Å²) in [7, 11) is -5.91. The Morgan fingerprint density at radius 3 is 2.45 bits per heavy atom. The minimum atomic E-state index is -3.93. The summed E-state index contributed by atoms with van der Waals surface area (Å²) in [4.78, 5) is -0.164. The summed E-state index contributed by atoms with van der Waals surface area (Å²) in [6.07, 6.45) is 1.33. The van der Waals surface area contributed by atoms with Gasteiger partial charge >= 0.3 is 0 Å². The largest absolute Gasteiger partial charge is 0.495 e. The molecule has 0 spiro atoms. The molecular weight excluding hydrogens is 304 g/mol. The summed E-state index contributed by atoms with van der Waals surface area (Å²) in [5, 5.41) is 4.77. The van der Waals surface area contributed by atoms with Crippen LogP contribution in [0.2, 0.25) is 0 Å². The molecule has 0 bridgehead atoms. The zero-order chi connectivity index (χ0) is 15.0. The average Bonchev–Trinajstić information content (AvgIpc) is 3.19. The van der Waals surface area contributed by atoms with Crippen molar-refractivity contribution >= 4 is 20.0 Å². The molecule has 0 radical (unpaired) electrons. The van der Waals surface area contributed by atoms with Crippen molar-refractivity contribution in [3.8, 4) is 5.75 Å². The van der Waals surface area contributed by atoms with Gasteiger partial charge in [0.15, 0.2) is 0 Å². The highest BCUT2D eigenvalue weighted by Crippen LogP contribution is 2.28. The van der Waals surface area contributed by atoms with Crippen LogP contribution < -0.4 is 14.6 Å². The molecule has 1 aliphatic carbocycles. The third kappa shape index (κ3) is 3.48. The summed E-state index contributed by atoms with van der Waals surface area (Å²) >= 11 is 0. The van der Waals surface area contributed by atoms with Crippen LogP contribution in [0.1, 0.15) is 18.4 Å². The van der Waals surface area contributed by atoms with E-state index in [4.69, 9.17) is 9.88 Å². The average molecular weight is 320 g/mol. The minimum absolute atomic E-state index is 0.0192. The first kappa shape index (κ1) is 15.2. The number of nitrogens with one attached hydrogen (secondary N) is 1. The lowest BCUT2D eigenvalue weighted by Gasteiger charge is -2.10. The summed E-state index contributed by atoms with van der Waals surface area (Å²) in [6.45, 7) is 0.0192. The molecule has 3 N–H and O–H groups in total. The summed E-state index contributed by atoms with van der Waals surface area (Å²) in [5.74, 6) is 0.126. The highest BCUT2D eigenvalue weighted by molar-refractivity contribution is 7.90. The van der Waals surface area contributed by atoms with Gasteiger partial charge in [0.25, 0.3) is 0 Å². The van der Waals surface area contributed by atoms with E-state index in [1.54, 1.807) is 6.07 Å². The van der Waals surface area contributed by atoms with Crippen LogP contribution in [-0.2, 0) is 26.6 Å². The van der Waals surface area contributed by atoms with Gasteiger partial charge in [-0.15, -0.1) is 0 Å². The molecule has 112 valence electrons. The number of methoxy groups -OCH3 is 1. The second-order valence-corrected chi connectivity index (χ2v) is 8.17. The lowest BCUT2D eigenvalue weighted by molar-refractivity contribution is 0.402. The number of nitrogens with two attached hydrogens (primary N) is 1. The molecule has 9 heteroatoms. The normalized spacial score (nSPS) is 16.1. The minimum Gasteiger partial charge on any atom is -0.495 e. The first-order chi connectivity index (χ1) is 9.24. The van der Waals surface area contributed by atoms with E-state index >= 15 is 0 Å². The van der Waals surface area contributed by atoms with Gasteiger partial charge in [-0.3, -0.25) is 0 Å². The molecule has 1 aromatic rings. The lowest BCUT2D eigenvalue weighted by atomic mass is 10.2. The van der Waals surface area contributed by atoms with Gasteiger partial charge < -0.3 is 4.74 Å². The van der Waals surface area contributed by atoms with Gasteiger partial charge in [-0.1, -0.05) is 6.07 Å². The first-order valence-electron chi connectivity index (χ1n) is 5.92. The van der Waals surface area contributed by atoms with Crippen molar-refractivity contribution in [1.82, 2.24) is 4.72 Å². The predicted molar refractivity (Wildman–Crippen MR) is 73.1 cm³/mol. The van der Waals surface area contributed by atoms with Crippen LogP contribution in [0.3, 0.4) is 0 Å². The summed E-state index contributed by atoms with van der Waals surface area (Å²) in [5.41, 5.74) is 0.499. The first-order valence-corrected chi connectivity index (χ1v) is 9.01. The Kier molecular flexibility index (Phi) is 4.05. The number of hydrogen-bond acceptors (Lipinski definition) is 5. The highest BCUT2D eigenvalue weighted by atomic mass is 32.2. The summed E-state index contributed by atoms with van der Waals surface area (Å²) in [6, 6.07) is 4.34. The van der Waals surface area contributed by atoms with Gasteiger partial charge in [-0.25, -0.2) is 26.7 Å². The van der Waals surface area contributed by atoms with Crippen LogP contribution in [0, 0.1) is 0 Å². The molecule has 1 saturated carbocycles. The molecule has 2 rings (SSSR count). The van der Waals surface area contributed by atoms with Crippen molar-refractivity contribution in [2.75, 3.05) is 7.11 Å². The fraction of sp³-hybridized carbons (Fsp3) is 0.455. The fourth-order valence-corrected chi connectivity index (χ4v) is 3.84. The van der Waals surface area contributed by atoms with E-state index in [0.717, 1.165) is 0 Å². The van der Waals surface area contributed by atoms with E-state index in [1.807, 2.05) is 0 Å². The van der Waals surface area contributed by atoms with Crippen LogP contribution in [-0.4, -0.2) is 29.2 Å². The van der Waals surface area contributed by atoms with Crippen molar-refractivity contribution in [1.29, 1.82) is 0 Å². The molecule has 20 heavy (non-hydrogen) atoms. The molecule has 0 saturated heterocycles. The van der Waals surface area contributed by atoms with Crippen LogP contribution in [0.25, 0.3) is 0 Å². The maximum Gasteiger partial charge on any atom is 0.241 e. The molecule has 0 amide bonds. The van der Waals surface area contributed by atoms with Gasteiger partial charge in [0, 0.05) is 6.54 Å². The van der Waals surface area contributed by atoms with E-state index in [2.05, 4.69) is 4.72 Å². The Labute approximate surface area is 118 Å². The molecule has 0 aromatic heterocycles. The maximum absolute atomic E-state index is 11.7. The van der Waals surface area contributed by atoms with E-state index in [9.17, 15) is 16.8 Å². The van der Waals surface area contributed by atoms with Crippen LogP contribution in [0.15, 0.2) is 23.1 Å². The molecule has 0 heterocycles. The fourth-order valence-electron chi connectivity index (χ4n) is 1.73. The number of hydrogen-bond donors (Lipinski definition) is 2. The molecular formula is C11H16N2O5S2. The standard InChI is InChI=1S/C11H16N2O5S2/c1-18-10-5-2-8(6-11(10)19(12,14)15)7-13-20(16,17)9-3-4-9/h2,5-6,9,13H,3-4,7H2,1H3,(H2,12,14,15). The van der Waals surface area contributed by atoms with E-state index in [0.29, 0.717) is 18.4 Å². The van der Waals surface area contributed by atoms with Gasteiger partial charge in [0.1, 0.15) is 10.6 Å². The van der Waals surface area contributed by atoms with Crippen LogP contribution in [0.5, 0.6) is 5.75 Å². The number of sulfonamides is 2. The SMILES string of the molecule is COc1ccc(CNS(=O)(=O)C2CC2)cc1S(N)(=O)=O. The van der Waals surface area contributed by atoms with Crippen LogP contribution in [0.4, 0.5) is 0 Å². The second-order valence-electron chi connectivity index (χ2n) is 4.60. The Morgan fingerprint density at radius 2 is 1.95 bits per heavy atom. The van der Waals surface area contributed by atoms with Crippen molar-refractivity contribution in [3.05, 3.63) is 23.8 Å². The van der Waals surface area contributed by atoms with Crippen molar-refractivity contribution in [3.63, 3.8) is 0 Å². The van der Waals surface area contributed by atoms with Crippen molar-refractivity contribution < 1.29 is 21.6 Å². The Bertz CT molecular complexity index is 708. The smallest absolute Gasteiger partial charge is 0.241 e. The second kappa shape index (κ2) is 5.32. The van der Waals surface area contributed by atoms with Gasteiger partial charge in [-0.05, 0) is 30.5 Å². The Hall–Kier alpha value is -1.16. The number of benzene rings is 1. The predicted octanol–water partition coefficient (Wildman–Crippen LogP) is -0.0756. The van der Waals surface area contributed by atoms with Gasteiger partial charge in [-0.2, -0.15) is 0 Å². The maximum atomic E-state index is 11.7. The van der Waals surface area contributed by atoms with Gasteiger partial charge in [0.05, 0.1) is 12.4 Å². The van der Waals surface area contributed by atoms with Crippen molar-refractivity contribution in [2.24, 2.45) is 5.14 Å². The van der Waals surface area contributed by atoms with E-state index in [1.165, 1.54) is 19.2 Å². The number of primary sulfonamides is 1. The van der Waals surface area contributed by atoms with Gasteiger partial charge in [0.2, 0.25) is 20.0 Å². The zero-order valence-electron chi connectivity index (χ0n) is 10.9. The molecule has 0 aliphatic heterocycles. The highest BCUT2D eigenvalue weighted by Gasteiger charge is 2.35. The molecule has 1 fully saturated rings. The molecule has 7 nitrogen and oxygen atoms in total.